The lowest BCUT2D eigenvalue weighted by Crippen LogP contribution is -2.44. The molecule has 0 aromatic carbocycles. The van der Waals surface area contributed by atoms with Crippen molar-refractivity contribution in [2.24, 2.45) is 4.36 Å². The van der Waals surface area contributed by atoms with Crippen molar-refractivity contribution in [3.8, 4) is 11.4 Å². The van der Waals surface area contributed by atoms with Gasteiger partial charge in [-0.05, 0) is 19.1 Å². The van der Waals surface area contributed by atoms with Crippen LogP contribution in [0.5, 0.6) is 0 Å². The van der Waals surface area contributed by atoms with E-state index in [4.69, 9.17) is 10.5 Å². The lowest BCUT2D eigenvalue weighted by Gasteiger charge is -2.34. The molecule has 1 aliphatic rings. The molecule has 0 aliphatic carbocycles. The molecule has 1 atom stereocenters. The zero-order chi connectivity index (χ0) is 21.2. The highest BCUT2D eigenvalue weighted by atomic mass is 32.2. The minimum atomic E-state index is -2.43. The van der Waals surface area contributed by atoms with Gasteiger partial charge in [-0.15, -0.1) is 0 Å². The summed E-state index contributed by atoms with van der Waals surface area (Å²) in [5, 5.41) is 2.52. The Morgan fingerprint density at radius 2 is 2.07 bits per heavy atom. The standard InChI is InChI=1S/C18H25N7O3S/c1-11-10-28-6-5-25(11)16-9-15(24-29(3,4)27)22-17(23-16)12-7-13(18(26)20-2)21-14(19)8-12/h7-9,11H,5-6,10H2,1-4H3,(H2,19,21)(H,20,26)/t11-/m1/s1. The Morgan fingerprint density at radius 1 is 1.31 bits per heavy atom. The molecule has 3 rings (SSSR count). The summed E-state index contributed by atoms with van der Waals surface area (Å²) in [4.78, 5) is 27.3. The van der Waals surface area contributed by atoms with Crippen LogP contribution in [0.2, 0.25) is 0 Å². The van der Waals surface area contributed by atoms with E-state index in [0.29, 0.717) is 42.8 Å². The number of amides is 1. The quantitative estimate of drug-likeness (QED) is 0.751. The fourth-order valence-electron chi connectivity index (χ4n) is 2.96. The van der Waals surface area contributed by atoms with Gasteiger partial charge in [0.25, 0.3) is 5.91 Å². The number of anilines is 2. The highest BCUT2D eigenvalue weighted by Crippen LogP contribution is 2.27. The van der Waals surface area contributed by atoms with Crippen molar-refractivity contribution < 1.29 is 13.7 Å². The van der Waals surface area contributed by atoms with Gasteiger partial charge >= 0.3 is 0 Å². The molecule has 2 aromatic heterocycles. The molecule has 11 heteroatoms. The van der Waals surface area contributed by atoms with Gasteiger partial charge in [-0.3, -0.25) is 4.79 Å². The van der Waals surface area contributed by atoms with Crippen molar-refractivity contribution in [1.29, 1.82) is 0 Å². The molecule has 156 valence electrons. The SMILES string of the molecule is CNC(=O)c1cc(-c2nc(N=S(C)(C)=O)cc(N3CCOC[C@H]3C)n2)cc(N)n1. The number of nitrogens with two attached hydrogens (primary N) is 1. The number of nitrogens with one attached hydrogen (secondary N) is 1. The second kappa shape index (κ2) is 8.29. The van der Waals surface area contributed by atoms with Crippen LogP contribution in [0.15, 0.2) is 22.6 Å². The molecule has 0 unspecified atom stereocenters. The van der Waals surface area contributed by atoms with Crippen LogP contribution in [0.4, 0.5) is 17.5 Å². The van der Waals surface area contributed by atoms with E-state index in [2.05, 4.69) is 29.5 Å². The topological polar surface area (TPSA) is 136 Å². The Bertz CT molecular complexity index is 1040. The zero-order valence-electron chi connectivity index (χ0n) is 16.9. The van der Waals surface area contributed by atoms with Crippen molar-refractivity contribution in [2.75, 3.05) is 50.0 Å². The van der Waals surface area contributed by atoms with Gasteiger partial charge in [-0.2, -0.15) is 4.36 Å². The molecule has 0 saturated carbocycles. The minimum absolute atomic E-state index is 0.107. The van der Waals surface area contributed by atoms with Crippen molar-refractivity contribution in [2.45, 2.75) is 13.0 Å². The summed E-state index contributed by atoms with van der Waals surface area (Å²) in [5.74, 6) is 1.07. The second-order valence-corrected chi connectivity index (χ2v) is 9.59. The van der Waals surface area contributed by atoms with Crippen LogP contribution in [0.25, 0.3) is 11.4 Å². The molecule has 0 radical (unpaired) electrons. The predicted octanol–water partition coefficient (Wildman–Crippen LogP) is 1.06. The van der Waals surface area contributed by atoms with E-state index < -0.39 is 9.73 Å². The first kappa shape index (κ1) is 20.9. The predicted molar refractivity (Wildman–Crippen MR) is 113 cm³/mol. The van der Waals surface area contributed by atoms with Gasteiger partial charge in [0.15, 0.2) is 11.6 Å². The van der Waals surface area contributed by atoms with E-state index >= 15 is 0 Å². The summed E-state index contributed by atoms with van der Waals surface area (Å²) in [6.45, 7) is 3.85. The van der Waals surface area contributed by atoms with Gasteiger partial charge in [-0.25, -0.2) is 19.2 Å². The molecule has 2 aromatic rings. The maximum absolute atomic E-state index is 12.2. The molecular weight excluding hydrogens is 394 g/mol. The number of aromatic nitrogens is 3. The van der Waals surface area contributed by atoms with Crippen molar-refractivity contribution in [3.63, 3.8) is 0 Å². The molecule has 0 bridgehead atoms. The lowest BCUT2D eigenvalue weighted by atomic mass is 10.2. The zero-order valence-corrected chi connectivity index (χ0v) is 17.7. The number of nitrogen functional groups attached to an aromatic ring is 1. The Labute approximate surface area is 170 Å². The second-order valence-electron chi connectivity index (χ2n) is 7.04. The fourth-order valence-corrected chi connectivity index (χ4v) is 3.51. The molecule has 1 aliphatic heterocycles. The summed E-state index contributed by atoms with van der Waals surface area (Å²) in [6.07, 6.45) is 3.08. The van der Waals surface area contributed by atoms with Gasteiger partial charge < -0.3 is 20.7 Å². The third-order valence-electron chi connectivity index (χ3n) is 4.24. The van der Waals surface area contributed by atoms with Gasteiger partial charge in [0.1, 0.15) is 17.3 Å². The van der Waals surface area contributed by atoms with Gasteiger partial charge in [0, 0.05) is 47.5 Å². The first-order valence-corrected chi connectivity index (χ1v) is 11.4. The first-order chi connectivity index (χ1) is 13.7. The number of morpholine rings is 1. The van der Waals surface area contributed by atoms with Crippen LogP contribution in [0.3, 0.4) is 0 Å². The molecule has 1 fully saturated rings. The van der Waals surface area contributed by atoms with Crippen LogP contribution in [0.1, 0.15) is 17.4 Å². The molecule has 0 spiro atoms. The largest absolute Gasteiger partial charge is 0.384 e. The molecule has 29 heavy (non-hydrogen) atoms. The molecule has 1 saturated heterocycles. The average Bonchev–Trinajstić information content (AvgIpc) is 2.65. The number of nitrogens with zero attached hydrogens (tertiary/aromatic N) is 5. The number of rotatable bonds is 4. The number of pyridine rings is 1. The van der Waals surface area contributed by atoms with Crippen LogP contribution in [-0.2, 0) is 14.5 Å². The summed E-state index contributed by atoms with van der Waals surface area (Å²) < 4.78 is 22.0. The normalized spacial score (nSPS) is 17.1. The molecular formula is C18H25N7O3S. The number of carbonyl (C=O) groups is 1. The van der Waals surface area contributed by atoms with Gasteiger partial charge in [0.05, 0.1) is 19.3 Å². The number of hydrogen-bond acceptors (Lipinski definition) is 9. The van der Waals surface area contributed by atoms with Crippen LogP contribution in [0, 0.1) is 0 Å². The number of carbonyl (C=O) groups excluding carboxylic acids is 1. The summed E-state index contributed by atoms with van der Waals surface area (Å²) >= 11 is 0. The Hall–Kier alpha value is -2.79. The highest BCUT2D eigenvalue weighted by Gasteiger charge is 2.22. The third-order valence-corrected chi connectivity index (χ3v) is 4.86. The van der Waals surface area contributed by atoms with Crippen molar-refractivity contribution in [3.05, 3.63) is 23.9 Å². The smallest absolute Gasteiger partial charge is 0.269 e. The average molecular weight is 420 g/mol. The van der Waals surface area contributed by atoms with Crippen molar-refractivity contribution in [1.82, 2.24) is 20.3 Å². The van der Waals surface area contributed by atoms with Crippen molar-refractivity contribution >= 4 is 33.1 Å². The first-order valence-electron chi connectivity index (χ1n) is 9.07. The van der Waals surface area contributed by atoms with E-state index in [0.717, 1.165) is 0 Å². The van der Waals surface area contributed by atoms with Gasteiger partial charge in [-0.1, -0.05) is 0 Å². The Balaban J connectivity index is 2.17. The summed E-state index contributed by atoms with van der Waals surface area (Å²) in [6, 6.07) is 4.97. The van der Waals surface area contributed by atoms with E-state index in [1.165, 1.54) is 7.05 Å². The van der Waals surface area contributed by atoms with Gasteiger partial charge in [0.2, 0.25) is 0 Å². The van der Waals surface area contributed by atoms with Crippen LogP contribution >= 0.6 is 0 Å². The van der Waals surface area contributed by atoms with Crippen LogP contribution in [-0.4, -0.2) is 70.4 Å². The third kappa shape index (κ3) is 5.18. The summed E-state index contributed by atoms with van der Waals surface area (Å²) in [7, 11) is -0.917. The van der Waals surface area contributed by atoms with Crippen LogP contribution < -0.4 is 16.0 Å². The monoisotopic (exact) mass is 419 g/mol. The van der Waals surface area contributed by atoms with E-state index in [-0.39, 0.29) is 23.5 Å². The molecule has 1 amide bonds. The highest BCUT2D eigenvalue weighted by molar-refractivity contribution is 7.92. The molecule has 3 heterocycles. The fraction of sp³-hybridized carbons (Fsp3) is 0.444. The summed E-state index contributed by atoms with van der Waals surface area (Å²) in [5.41, 5.74) is 6.57. The molecule has 10 nitrogen and oxygen atoms in total. The van der Waals surface area contributed by atoms with E-state index in [9.17, 15) is 9.00 Å². The minimum Gasteiger partial charge on any atom is -0.384 e. The Morgan fingerprint density at radius 3 is 2.72 bits per heavy atom. The lowest BCUT2D eigenvalue weighted by molar-refractivity contribution is 0.0958. The Kier molecular flexibility index (Phi) is 5.99. The molecule has 3 N–H and O–H groups in total. The number of ether oxygens (including phenoxy) is 1. The van der Waals surface area contributed by atoms with E-state index in [1.807, 2.05) is 6.92 Å². The van der Waals surface area contributed by atoms with E-state index in [1.54, 1.807) is 30.7 Å². The maximum atomic E-state index is 12.2. The number of hydrogen-bond donors (Lipinski definition) is 2. The maximum Gasteiger partial charge on any atom is 0.269 e.